The summed E-state index contributed by atoms with van der Waals surface area (Å²) < 4.78 is 11.2. The summed E-state index contributed by atoms with van der Waals surface area (Å²) in [4.78, 5) is 33.3. The number of nitrogens with zero attached hydrogens (tertiary/aromatic N) is 2. The molecule has 28 heavy (non-hydrogen) atoms. The number of ether oxygens (including phenoxy) is 2. The Balaban J connectivity index is 1.32. The first-order valence-corrected chi connectivity index (χ1v) is 9.55. The van der Waals surface area contributed by atoms with Gasteiger partial charge in [-0.25, -0.2) is 4.98 Å². The Labute approximate surface area is 162 Å². The number of amides is 1. The van der Waals surface area contributed by atoms with E-state index in [0.29, 0.717) is 42.6 Å². The summed E-state index contributed by atoms with van der Waals surface area (Å²) in [6.45, 7) is 5.01. The Morgan fingerprint density at radius 3 is 2.39 bits per heavy atom. The van der Waals surface area contributed by atoms with Crippen molar-refractivity contribution in [1.82, 2.24) is 0 Å². The quantitative estimate of drug-likeness (QED) is 0.701. The van der Waals surface area contributed by atoms with Crippen molar-refractivity contribution in [3.63, 3.8) is 0 Å². The van der Waals surface area contributed by atoms with Gasteiger partial charge in [-0.2, -0.15) is 0 Å². The van der Waals surface area contributed by atoms with Crippen LogP contribution in [-0.2, 0) is 4.79 Å². The molecular weight excluding hydrogens is 360 g/mol. The standard InChI is InChI=1S/C20H20N4O4/c25-19-15-11-17-18(28-10-9-27-17)12-16(15)24(20(19)26)13-22-5-7-23(8-6-22)14-1-3-21-4-2-14/h1-4,11-12H,5-10,13H2/p+2. The van der Waals surface area contributed by atoms with E-state index in [-0.39, 0.29) is 0 Å². The molecule has 1 amide bonds. The molecule has 8 heteroatoms. The minimum atomic E-state index is -0.467. The van der Waals surface area contributed by atoms with Gasteiger partial charge in [-0.3, -0.25) is 14.5 Å². The molecule has 0 aliphatic carbocycles. The number of Topliss-reactive ketones (excluding diaryl/α,β-unsaturated/α-hetero) is 1. The maximum absolute atomic E-state index is 12.6. The fourth-order valence-corrected chi connectivity index (χ4v) is 4.04. The van der Waals surface area contributed by atoms with Gasteiger partial charge >= 0.3 is 5.91 Å². The molecule has 4 heterocycles. The summed E-state index contributed by atoms with van der Waals surface area (Å²) >= 11 is 0. The van der Waals surface area contributed by atoms with Crippen LogP contribution in [-0.4, -0.2) is 57.8 Å². The molecule has 0 spiro atoms. The number of ketones is 1. The summed E-state index contributed by atoms with van der Waals surface area (Å²) in [7, 11) is 0. The van der Waals surface area contributed by atoms with Gasteiger partial charge in [-0.1, -0.05) is 0 Å². The number of aromatic amines is 1. The van der Waals surface area contributed by atoms with Crippen LogP contribution in [0, 0.1) is 0 Å². The molecule has 5 rings (SSSR count). The Hall–Kier alpha value is -3.13. The van der Waals surface area contributed by atoms with Crippen molar-refractivity contribution in [2.75, 3.05) is 55.9 Å². The molecule has 2 N–H and O–H groups in total. The van der Waals surface area contributed by atoms with Crippen molar-refractivity contribution in [2.45, 2.75) is 0 Å². The molecule has 3 aliphatic rings. The van der Waals surface area contributed by atoms with Crippen LogP contribution in [0.2, 0.25) is 0 Å². The first-order chi connectivity index (χ1) is 13.7. The third-order valence-electron chi connectivity index (χ3n) is 5.55. The second-order valence-corrected chi connectivity index (χ2v) is 7.23. The number of hydrogen-bond acceptors (Lipinski definition) is 5. The fraction of sp³-hybridized carbons (Fsp3) is 0.350. The van der Waals surface area contributed by atoms with Crippen LogP contribution in [0.5, 0.6) is 11.5 Å². The molecule has 1 aromatic carbocycles. The number of benzene rings is 1. The second-order valence-electron chi connectivity index (χ2n) is 7.23. The van der Waals surface area contributed by atoms with E-state index in [0.717, 1.165) is 26.2 Å². The first kappa shape index (κ1) is 17.0. The van der Waals surface area contributed by atoms with Crippen molar-refractivity contribution < 1.29 is 28.9 Å². The largest absolute Gasteiger partial charge is 0.486 e. The summed E-state index contributed by atoms with van der Waals surface area (Å²) in [6.07, 6.45) is 3.85. The van der Waals surface area contributed by atoms with Gasteiger partial charge in [-0.15, -0.1) is 0 Å². The highest BCUT2D eigenvalue weighted by Crippen LogP contribution is 2.40. The smallest absolute Gasteiger partial charge is 0.303 e. The number of anilines is 2. The van der Waals surface area contributed by atoms with Gasteiger partial charge in [0.2, 0.25) is 0 Å². The predicted octanol–water partition coefficient (Wildman–Crippen LogP) is -0.836. The molecule has 1 fully saturated rings. The molecular formula is C20H22N4O4+2. The number of fused-ring (bicyclic) bond motifs is 2. The summed E-state index contributed by atoms with van der Waals surface area (Å²) in [5.41, 5.74) is 2.24. The number of carbonyl (C=O) groups is 2. The number of quaternary nitrogens is 1. The predicted molar refractivity (Wildman–Crippen MR) is 100 cm³/mol. The number of aromatic nitrogens is 1. The number of carbonyl (C=O) groups excluding carboxylic acids is 2. The molecule has 8 nitrogen and oxygen atoms in total. The first-order valence-electron chi connectivity index (χ1n) is 9.55. The van der Waals surface area contributed by atoms with Gasteiger partial charge in [0.1, 0.15) is 13.2 Å². The van der Waals surface area contributed by atoms with Crippen LogP contribution in [0.4, 0.5) is 11.4 Å². The van der Waals surface area contributed by atoms with Crippen molar-refractivity contribution in [3.05, 3.63) is 42.2 Å². The number of nitrogens with one attached hydrogen (secondary N) is 2. The number of piperazine rings is 1. The molecule has 0 bridgehead atoms. The van der Waals surface area contributed by atoms with Gasteiger partial charge in [0.05, 0.1) is 37.4 Å². The minimum Gasteiger partial charge on any atom is -0.486 e. The highest BCUT2D eigenvalue weighted by atomic mass is 16.6. The lowest BCUT2D eigenvalue weighted by Gasteiger charge is -2.35. The van der Waals surface area contributed by atoms with Crippen molar-refractivity contribution >= 4 is 23.1 Å². The zero-order valence-electron chi connectivity index (χ0n) is 15.4. The molecule has 0 radical (unpaired) electrons. The highest BCUT2D eigenvalue weighted by Gasteiger charge is 2.40. The van der Waals surface area contributed by atoms with Gasteiger partial charge in [-0.05, 0) is 6.07 Å². The molecule has 3 aliphatic heterocycles. The van der Waals surface area contributed by atoms with E-state index in [1.807, 2.05) is 12.4 Å². The van der Waals surface area contributed by atoms with Crippen molar-refractivity contribution in [2.24, 2.45) is 0 Å². The topological polar surface area (TPSA) is 77.7 Å². The maximum Gasteiger partial charge on any atom is 0.303 e. The fourth-order valence-electron chi connectivity index (χ4n) is 4.04. The lowest BCUT2D eigenvalue weighted by Crippen LogP contribution is -3.16. The maximum atomic E-state index is 12.6. The molecule has 0 atom stereocenters. The highest BCUT2D eigenvalue weighted by molar-refractivity contribution is 6.52. The van der Waals surface area contributed by atoms with E-state index < -0.39 is 11.7 Å². The van der Waals surface area contributed by atoms with Crippen LogP contribution >= 0.6 is 0 Å². The number of H-pyrrole nitrogens is 1. The van der Waals surface area contributed by atoms with Gasteiger partial charge in [0.15, 0.2) is 30.6 Å². The van der Waals surface area contributed by atoms with Crippen LogP contribution in [0.1, 0.15) is 10.4 Å². The normalized spacial score (nSPS) is 19.1. The summed E-state index contributed by atoms with van der Waals surface area (Å²) in [5, 5.41) is 0. The average molecular weight is 382 g/mol. The molecule has 1 saturated heterocycles. The zero-order valence-corrected chi connectivity index (χ0v) is 15.4. The third-order valence-corrected chi connectivity index (χ3v) is 5.55. The van der Waals surface area contributed by atoms with Crippen LogP contribution in [0.3, 0.4) is 0 Å². The summed E-state index contributed by atoms with van der Waals surface area (Å²) in [5.74, 6) is 0.198. The number of rotatable bonds is 3. The van der Waals surface area contributed by atoms with E-state index in [2.05, 4.69) is 22.0 Å². The molecule has 144 valence electrons. The van der Waals surface area contributed by atoms with E-state index in [4.69, 9.17) is 9.47 Å². The van der Waals surface area contributed by atoms with E-state index in [1.165, 1.54) is 10.6 Å². The number of pyridine rings is 1. The van der Waals surface area contributed by atoms with Crippen LogP contribution < -0.4 is 29.2 Å². The Morgan fingerprint density at radius 2 is 1.68 bits per heavy atom. The second kappa shape index (κ2) is 6.79. The molecule has 0 saturated carbocycles. The van der Waals surface area contributed by atoms with Gasteiger partial charge < -0.3 is 19.3 Å². The molecule has 0 unspecified atom stereocenters. The van der Waals surface area contributed by atoms with E-state index >= 15 is 0 Å². The Bertz CT molecular complexity index is 925. The van der Waals surface area contributed by atoms with Crippen molar-refractivity contribution in [3.8, 4) is 11.5 Å². The lowest BCUT2D eigenvalue weighted by molar-refractivity contribution is -0.899. The third kappa shape index (κ3) is 2.86. The average Bonchev–Trinajstić information content (AvgIpc) is 2.98. The SMILES string of the molecule is O=C1C(=O)N(C[NH+]2CCN(c3cc[nH+]cc3)CC2)c2cc3c(cc21)OCCO3. The summed E-state index contributed by atoms with van der Waals surface area (Å²) in [6, 6.07) is 7.54. The monoisotopic (exact) mass is 382 g/mol. The lowest BCUT2D eigenvalue weighted by atomic mass is 10.1. The van der Waals surface area contributed by atoms with Crippen molar-refractivity contribution in [1.29, 1.82) is 0 Å². The number of hydrogen-bond donors (Lipinski definition) is 1. The van der Waals surface area contributed by atoms with Crippen LogP contribution in [0.15, 0.2) is 36.7 Å². The van der Waals surface area contributed by atoms with Gasteiger partial charge in [0.25, 0.3) is 5.78 Å². The molecule has 2 aromatic rings. The Morgan fingerprint density at radius 1 is 1.00 bits per heavy atom. The van der Waals surface area contributed by atoms with Crippen LogP contribution in [0.25, 0.3) is 0 Å². The minimum absolute atomic E-state index is 0.410. The van der Waals surface area contributed by atoms with Gasteiger partial charge in [0, 0.05) is 23.9 Å². The zero-order chi connectivity index (χ0) is 19.1. The molecule has 1 aromatic heterocycles. The van der Waals surface area contributed by atoms with E-state index in [1.54, 1.807) is 17.0 Å². The Kier molecular flexibility index (Phi) is 4.12. The van der Waals surface area contributed by atoms with E-state index in [9.17, 15) is 9.59 Å².